The highest BCUT2D eigenvalue weighted by Gasteiger charge is 2.35. The zero-order chi connectivity index (χ0) is 15.6. The number of rotatable bonds is 4. The van der Waals surface area contributed by atoms with Crippen molar-refractivity contribution in [2.24, 2.45) is 0 Å². The molecule has 0 spiro atoms. The fourth-order valence-corrected chi connectivity index (χ4v) is 2.54. The van der Waals surface area contributed by atoms with E-state index in [1.165, 1.54) is 20.3 Å². The molecule has 1 unspecified atom stereocenters. The Morgan fingerprint density at radius 2 is 1.95 bits per heavy atom. The SMILES string of the molecule is COc1ccc(OC)c(C(O)c2cnc(C(F)(F)F)s2)c1. The highest BCUT2D eigenvalue weighted by molar-refractivity contribution is 7.11. The van der Waals surface area contributed by atoms with Crippen LogP contribution in [0, 0.1) is 0 Å². The van der Waals surface area contributed by atoms with Crippen molar-refractivity contribution in [2.75, 3.05) is 14.2 Å². The van der Waals surface area contributed by atoms with E-state index in [-0.39, 0.29) is 4.88 Å². The summed E-state index contributed by atoms with van der Waals surface area (Å²) >= 11 is 0.393. The lowest BCUT2D eigenvalue weighted by atomic mass is 10.1. The van der Waals surface area contributed by atoms with Crippen molar-refractivity contribution in [2.45, 2.75) is 12.3 Å². The Labute approximate surface area is 122 Å². The molecule has 0 aliphatic heterocycles. The van der Waals surface area contributed by atoms with E-state index < -0.39 is 17.3 Å². The summed E-state index contributed by atoms with van der Waals surface area (Å²) < 4.78 is 47.8. The molecular formula is C13H12F3NO3S. The summed E-state index contributed by atoms with van der Waals surface area (Å²) in [5.41, 5.74) is 0.314. The normalized spacial score (nSPS) is 13.0. The molecule has 0 aliphatic rings. The number of aromatic nitrogens is 1. The van der Waals surface area contributed by atoms with E-state index in [0.717, 1.165) is 6.20 Å². The monoisotopic (exact) mass is 319 g/mol. The topological polar surface area (TPSA) is 51.6 Å². The van der Waals surface area contributed by atoms with Gasteiger partial charge in [-0.2, -0.15) is 13.2 Å². The first-order valence-electron chi connectivity index (χ1n) is 5.79. The number of aliphatic hydroxyl groups excluding tert-OH is 1. The first-order valence-corrected chi connectivity index (χ1v) is 6.61. The molecule has 0 radical (unpaired) electrons. The van der Waals surface area contributed by atoms with Gasteiger partial charge in [-0.05, 0) is 18.2 Å². The van der Waals surface area contributed by atoms with Crippen LogP contribution in [0.1, 0.15) is 21.6 Å². The summed E-state index contributed by atoms with van der Waals surface area (Å²) in [5.74, 6) is 0.815. The van der Waals surface area contributed by atoms with Gasteiger partial charge < -0.3 is 14.6 Å². The fraction of sp³-hybridized carbons (Fsp3) is 0.308. The molecule has 21 heavy (non-hydrogen) atoms. The van der Waals surface area contributed by atoms with Gasteiger partial charge in [-0.25, -0.2) is 4.98 Å². The Hall–Kier alpha value is -1.80. The summed E-state index contributed by atoms with van der Waals surface area (Å²) in [4.78, 5) is 3.37. The highest BCUT2D eigenvalue weighted by atomic mass is 32.1. The number of thiazole rings is 1. The maximum absolute atomic E-state index is 12.6. The first-order chi connectivity index (χ1) is 9.86. The first kappa shape index (κ1) is 15.6. The predicted molar refractivity (Wildman–Crippen MR) is 70.7 cm³/mol. The summed E-state index contributed by atoms with van der Waals surface area (Å²) in [6.45, 7) is 0. The predicted octanol–water partition coefficient (Wildman–Crippen LogP) is 3.26. The van der Waals surface area contributed by atoms with Gasteiger partial charge in [0.2, 0.25) is 0 Å². The number of halogens is 3. The maximum Gasteiger partial charge on any atom is 0.443 e. The summed E-state index contributed by atoms with van der Waals surface area (Å²) in [6, 6.07) is 4.71. The Bertz CT molecular complexity index is 627. The lowest BCUT2D eigenvalue weighted by Gasteiger charge is -2.14. The van der Waals surface area contributed by atoms with E-state index in [4.69, 9.17) is 9.47 Å². The Morgan fingerprint density at radius 1 is 1.24 bits per heavy atom. The second-order valence-corrected chi connectivity index (χ2v) is 5.14. The third kappa shape index (κ3) is 3.27. The van der Waals surface area contributed by atoms with Crippen molar-refractivity contribution >= 4 is 11.3 Å². The molecule has 114 valence electrons. The zero-order valence-electron chi connectivity index (χ0n) is 11.1. The van der Waals surface area contributed by atoms with Crippen molar-refractivity contribution in [1.29, 1.82) is 0 Å². The van der Waals surface area contributed by atoms with E-state index >= 15 is 0 Å². The van der Waals surface area contributed by atoms with Crippen LogP contribution >= 0.6 is 11.3 Å². The number of methoxy groups -OCH3 is 2. The number of benzene rings is 1. The van der Waals surface area contributed by atoms with E-state index in [2.05, 4.69) is 4.98 Å². The van der Waals surface area contributed by atoms with Gasteiger partial charge in [0.25, 0.3) is 0 Å². The molecule has 2 aromatic rings. The minimum atomic E-state index is -4.53. The van der Waals surface area contributed by atoms with Crippen LogP contribution in [0.4, 0.5) is 13.2 Å². The summed E-state index contributed by atoms with van der Waals surface area (Å²) in [5, 5.41) is 9.27. The number of hydrogen-bond acceptors (Lipinski definition) is 5. The van der Waals surface area contributed by atoms with Crippen molar-refractivity contribution in [3.8, 4) is 11.5 Å². The summed E-state index contributed by atoms with van der Waals surface area (Å²) in [6.07, 6.45) is -4.79. The molecule has 1 aromatic heterocycles. The third-order valence-electron chi connectivity index (χ3n) is 2.77. The average Bonchev–Trinajstić information content (AvgIpc) is 2.95. The smallest absolute Gasteiger partial charge is 0.443 e. The molecule has 0 aliphatic carbocycles. The Morgan fingerprint density at radius 3 is 2.48 bits per heavy atom. The number of aliphatic hydroxyl groups is 1. The van der Waals surface area contributed by atoms with Crippen LogP contribution in [0.15, 0.2) is 24.4 Å². The second kappa shape index (κ2) is 5.90. The van der Waals surface area contributed by atoms with Crippen molar-refractivity contribution in [3.63, 3.8) is 0 Å². The van der Waals surface area contributed by atoms with E-state index in [0.29, 0.717) is 28.4 Å². The van der Waals surface area contributed by atoms with Crippen molar-refractivity contribution in [3.05, 3.63) is 39.8 Å². The van der Waals surface area contributed by atoms with Gasteiger partial charge in [0.1, 0.15) is 17.6 Å². The van der Waals surface area contributed by atoms with E-state index in [9.17, 15) is 18.3 Å². The number of ether oxygens (including phenoxy) is 2. The molecule has 0 saturated heterocycles. The van der Waals surface area contributed by atoms with Crippen LogP contribution in [0.25, 0.3) is 0 Å². The molecule has 1 aromatic carbocycles. The minimum absolute atomic E-state index is 0.0777. The van der Waals surface area contributed by atoms with Gasteiger partial charge in [-0.3, -0.25) is 0 Å². The van der Waals surface area contributed by atoms with Gasteiger partial charge in [0, 0.05) is 11.8 Å². The fourth-order valence-electron chi connectivity index (χ4n) is 1.75. The van der Waals surface area contributed by atoms with Crippen LogP contribution in [0.3, 0.4) is 0 Å². The van der Waals surface area contributed by atoms with Gasteiger partial charge in [0.05, 0.1) is 19.1 Å². The quantitative estimate of drug-likeness (QED) is 0.940. The molecule has 0 amide bonds. The molecule has 1 N–H and O–H groups in total. The largest absolute Gasteiger partial charge is 0.497 e. The molecule has 4 nitrogen and oxygen atoms in total. The summed E-state index contributed by atoms with van der Waals surface area (Å²) in [7, 11) is 2.86. The molecule has 8 heteroatoms. The van der Waals surface area contributed by atoms with Crippen molar-refractivity contribution in [1.82, 2.24) is 4.98 Å². The van der Waals surface area contributed by atoms with Gasteiger partial charge in [-0.15, -0.1) is 11.3 Å². The molecule has 1 atom stereocenters. The van der Waals surface area contributed by atoms with E-state index in [1.807, 2.05) is 0 Å². The van der Waals surface area contributed by atoms with Crippen LogP contribution in [-0.4, -0.2) is 24.3 Å². The van der Waals surface area contributed by atoms with E-state index in [1.54, 1.807) is 12.1 Å². The van der Waals surface area contributed by atoms with Crippen LogP contribution in [0.5, 0.6) is 11.5 Å². The third-order valence-corrected chi connectivity index (χ3v) is 3.86. The standard InChI is InChI=1S/C13H12F3NO3S/c1-19-7-3-4-9(20-2)8(5-7)11(18)10-6-17-12(21-10)13(14,15)16/h3-6,11,18H,1-2H3. The van der Waals surface area contributed by atoms with Gasteiger partial charge in [-0.1, -0.05) is 0 Å². The number of hydrogen-bond donors (Lipinski definition) is 1. The van der Waals surface area contributed by atoms with Crippen LogP contribution in [0.2, 0.25) is 0 Å². The van der Waals surface area contributed by atoms with Gasteiger partial charge in [0.15, 0.2) is 5.01 Å². The lowest BCUT2D eigenvalue weighted by molar-refractivity contribution is -0.137. The average molecular weight is 319 g/mol. The molecule has 2 rings (SSSR count). The minimum Gasteiger partial charge on any atom is -0.497 e. The second-order valence-electron chi connectivity index (χ2n) is 4.08. The number of alkyl halides is 3. The Kier molecular flexibility index (Phi) is 4.38. The van der Waals surface area contributed by atoms with Crippen molar-refractivity contribution < 1.29 is 27.8 Å². The number of nitrogens with zero attached hydrogens (tertiary/aromatic N) is 1. The lowest BCUT2D eigenvalue weighted by Crippen LogP contribution is -2.03. The Balaban J connectivity index is 2.39. The van der Waals surface area contributed by atoms with Crippen LogP contribution in [-0.2, 0) is 6.18 Å². The molecule has 0 saturated carbocycles. The molecular weight excluding hydrogens is 307 g/mol. The molecule has 1 heterocycles. The zero-order valence-corrected chi connectivity index (χ0v) is 12.0. The molecule has 0 fully saturated rings. The maximum atomic E-state index is 12.6. The highest BCUT2D eigenvalue weighted by Crippen LogP contribution is 2.38. The van der Waals surface area contributed by atoms with Gasteiger partial charge >= 0.3 is 6.18 Å². The molecule has 0 bridgehead atoms. The van der Waals surface area contributed by atoms with Crippen LogP contribution < -0.4 is 9.47 Å².